The molecular formula is C55H69N7O9. The monoisotopic (exact) mass is 972 g/mol. The van der Waals surface area contributed by atoms with Crippen LogP contribution in [0.1, 0.15) is 124 Å². The number of esters is 1. The molecule has 0 bridgehead atoms. The topological polar surface area (TPSA) is 204 Å². The third kappa shape index (κ3) is 13.9. The zero-order valence-corrected chi connectivity index (χ0v) is 42.4. The number of anilines is 1. The molecule has 6 atom stereocenters. The molecule has 378 valence electrons. The number of morpholine rings is 1. The van der Waals surface area contributed by atoms with Gasteiger partial charge in [-0.2, -0.15) is 0 Å². The van der Waals surface area contributed by atoms with Crippen LogP contribution in [0.5, 0.6) is 0 Å². The number of carbonyl (C=O) groups excluding carboxylic acids is 3. The summed E-state index contributed by atoms with van der Waals surface area (Å²) in [6.07, 6.45) is 6.67. The van der Waals surface area contributed by atoms with Gasteiger partial charge in [0.1, 0.15) is 12.1 Å². The molecule has 1 saturated heterocycles. The van der Waals surface area contributed by atoms with Crippen molar-refractivity contribution < 1.29 is 33.8 Å². The number of hydrogen-bond donors (Lipinski definition) is 3. The summed E-state index contributed by atoms with van der Waals surface area (Å²) in [4.78, 5) is 93.7. The van der Waals surface area contributed by atoms with Crippen LogP contribution in [0.3, 0.4) is 0 Å². The highest BCUT2D eigenvalue weighted by Gasteiger charge is 2.32. The molecule has 2 unspecified atom stereocenters. The summed E-state index contributed by atoms with van der Waals surface area (Å²) in [5.41, 5.74) is 7.00. The number of aliphatic carboxylic acids is 1. The summed E-state index contributed by atoms with van der Waals surface area (Å²) in [5, 5.41) is 16.1. The van der Waals surface area contributed by atoms with Crippen molar-refractivity contribution >= 4 is 29.4 Å². The van der Waals surface area contributed by atoms with Crippen molar-refractivity contribution in [2.24, 2.45) is 11.8 Å². The van der Waals surface area contributed by atoms with Crippen molar-refractivity contribution in [1.29, 1.82) is 0 Å². The van der Waals surface area contributed by atoms with Gasteiger partial charge < -0.3 is 39.2 Å². The molecule has 0 saturated carbocycles. The average molecular weight is 972 g/mol. The summed E-state index contributed by atoms with van der Waals surface area (Å²) in [7, 11) is 0. The number of carboxylic acid groups (broad SMARTS) is 1. The summed E-state index contributed by atoms with van der Waals surface area (Å²) in [6, 6.07) is 14.2. The SMILES string of the molecule is CCc1ncc([C@H](CC(=O)O)NC(=O)C(CC(C)COC(=O)C[C@H](NC(=O)[C@H](CC(C)C)n2ccc(C)cc2=O)c2cnc(C)c(N3CCOC[C@@H]3C)c2)n2ccc(C)cc2=O)cc1-c1ccccc1C. The van der Waals surface area contributed by atoms with Gasteiger partial charge in [-0.15, -0.1) is 0 Å². The first-order chi connectivity index (χ1) is 33.8. The molecule has 5 aromatic rings. The summed E-state index contributed by atoms with van der Waals surface area (Å²) in [5.74, 6) is -3.27. The lowest BCUT2D eigenvalue weighted by Gasteiger charge is -2.36. The number of pyridine rings is 4. The first kappa shape index (κ1) is 53.4. The van der Waals surface area contributed by atoms with Gasteiger partial charge in [-0.1, -0.05) is 52.0 Å². The molecule has 16 nitrogen and oxygen atoms in total. The van der Waals surface area contributed by atoms with Crippen molar-refractivity contribution in [2.75, 3.05) is 31.3 Å². The number of benzene rings is 1. The van der Waals surface area contributed by atoms with Crippen molar-refractivity contribution in [1.82, 2.24) is 29.7 Å². The fourth-order valence-corrected chi connectivity index (χ4v) is 9.15. The molecule has 0 radical (unpaired) electrons. The van der Waals surface area contributed by atoms with Crippen LogP contribution >= 0.6 is 0 Å². The van der Waals surface area contributed by atoms with E-state index in [1.54, 1.807) is 44.6 Å². The molecule has 1 aromatic carbocycles. The predicted molar refractivity (Wildman–Crippen MR) is 272 cm³/mol. The molecule has 1 fully saturated rings. The van der Waals surface area contributed by atoms with Gasteiger partial charge in [-0.25, -0.2) is 0 Å². The van der Waals surface area contributed by atoms with E-state index in [9.17, 15) is 33.9 Å². The normalized spacial score (nSPS) is 15.9. The van der Waals surface area contributed by atoms with Crippen molar-refractivity contribution in [3.8, 4) is 11.1 Å². The maximum atomic E-state index is 14.5. The maximum Gasteiger partial charge on any atom is 0.308 e. The minimum atomic E-state index is -1.14. The first-order valence-corrected chi connectivity index (χ1v) is 24.5. The van der Waals surface area contributed by atoms with E-state index in [2.05, 4.69) is 22.5 Å². The molecule has 1 aliphatic heterocycles. The van der Waals surface area contributed by atoms with Crippen LogP contribution in [0.4, 0.5) is 5.69 Å². The Morgan fingerprint density at radius 1 is 0.789 bits per heavy atom. The van der Waals surface area contributed by atoms with Gasteiger partial charge in [0.2, 0.25) is 11.8 Å². The number of aryl methyl sites for hydroxylation is 5. The second-order valence-electron chi connectivity index (χ2n) is 19.4. The summed E-state index contributed by atoms with van der Waals surface area (Å²) >= 11 is 0. The van der Waals surface area contributed by atoms with E-state index in [1.165, 1.54) is 27.5 Å². The number of ether oxygens (including phenoxy) is 2. The lowest BCUT2D eigenvalue weighted by Crippen LogP contribution is -2.44. The second-order valence-corrected chi connectivity index (χ2v) is 19.4. The Kier molecular flexibility index (Phi) is 18.2. The summed E-state index contributed by atoms with van der Waals surface area (Å²) < 4.78 is 14.4. The van der Waals surface area contributed by atoms with Crippen LogP contribution < -0.4 is 26.7 Å². The predicted octanol–water partition coefficient (Wildman–Crippen LogP) is 7.47. The highest BCUT2D eigenvalue weighted by atomic mass is 16.5. The smallest absolute Gasteiger partial charge is 0.308 e. The largest absolute Gasteiger partial charge is 0.481 e. The summed E-state index contributed by atoms with van der Waals surface area (Å²) in [6.45, 7) is 18.8. The molecule has 1 aliphatic rings. The van der Waals surface area contributed by atoms with Gasteiger partial charge in [-0.3, -0.25) is 38.7 Å². The molecule has 6 rings (SSSR count). The molecule has 4 aromatic heterocycles. The van der Waals surface area contributed by atoms with Crippen LogP contribution in [0.25, 0.3) is 11.1 Å². The minimum absolute atomic E-state index is 0.0364. The number of nitrogens with zero attached hydrogens (tertiary/aromatic N) is 5. The van der Waals surface area contributed by atoms with Gasteiger partial charge >= 0.3 is 11.9 Å². The van der Waals surface area contributed by atoms with Crippen LogP contribution in [0.2, 0.25) is 0 Å². The zero-order valence-electron chi connectivity index (χ0n) is 42.4. The van der Waals surface area contributed by atoms with E-state index in [0.717, 1.165) is 39.3 Å². The van der Waals surface area contributed by atoms with E-state index < -0.39 is 65.8 Å². The Bertz CT molecular complexity index is 2820. The highest BCUT2D eigenvalue weighted by Crippen LogP contribution is 2.32. The molecular weight excluding hydrogens is 903 g/mol. The van der Waals surface area contributed by atoms with Crippen LogP contribution in [-0.2, 0) is 35.1 Å². The van der Waals surface area contributed by atoms with Gasteiger partial charge in [0.05, 0.1) is 56.1 Å². The van der Waals surface area contributed by atoms with Crippen LogP contribution in [0, 0.1) is 39.5 Å². The third-order valence-electron chi connectivity index (χ3n) is 13.0. The first-order valence-electron chi connectivity index (χ1n) is 24.5. The highest BCUT2D eigenvalue weighted by molar-refractivity contribution is 5.83. The second kappa shape index (κ2) is 24.3. The zero-order chi connectivity index (χ0) is 51.5. The number of rotatable bonds is 21. The average Bonchev–Trinajstić information content (AvgIpc) is 3.32. The van der Waals surface area contributed by atoms with Gasteiger partial charge in [0.15, 0.2) is 0 Å². The number of carbonyl (C=O) groups is 4. The minimum Gasteiger partial charge on any atom is -0.481 e. The lowest BCUT2D eigenvalue weighted by atomic mass is 9.94. The Labute approximate surface area is 415 Å². The number of carboxylic acids is 1. The van der Waals surface area contributed by atoms with Crippen molar-refractivity contribution in [3.63, 3.8) is 0 Å². The lowest BCUT2D eigenvalue weighted by molar-refractivity contribution is -0.146. The molecule has 2 amide bonds. The van der Waals surface area contributed by atoms with Crippen molar-refractivity contribution in [3.05, 3.63) is 145 Å². The standard InChI is InChI=1S/C55H69N7O9/c1-10-44-43(42-14-12-11-13-37(42)7)25-40(30-57-44)45(27-52(65)66)58-55(69)49(62-18-16-35(5)24-51(62)64)22-36(6)31-71-53(67)28-46(41-26-47(39(9)56-29-41)60-19-20-70-32-38(60)8)59-54(68)48(21-33(2)3)61-17-15-34(4)23-50(61)63/h11-18,23-26,29-30,33,36,38,45-46,48-49H,10,19-22,27-28,31-32H2,1-9H3,(H,58,69)(H,59,68)(H,65,66)/t36?,38-,45-,46-,48-,49?/m0/s1. The maximum absolute atomic E-state index is 14.5. The molecule has 71 heavy (non-hydrogen) atoms. The van der Waals surface area contributed by atoms with E-state index in [0.29, 0.717) is 49.3 Å². The molecule has 0 spiro atoms. The number of amides is 2. The van der Waals surface area contributed by atoms with E-state index in [-0.39, 0.29) is 37.0 Å². The Balaban J connectivity index is 1.25. The van der Waals surface area contributed by atoms with E-state index >= 15 is 0 Å². The number of aromatic nitrogens is 4. The third-order valence-corrected chi connectivity index (χ3v) is 13.0. The fraction of sp³-hybridized carbons (Fsp3) is 0.455. The van der Waals surface area contributed by atoms with Crippen molar-refractivity contribution in [2.45, 2.75) is 125 Å². The Hall–Kier alpha value is -6.94. The number of hydrogen-bond acceptors (Lipinski definition) is 11. The quantitative estimate of drug-likeness (QED) is 0.0613. The molecule has 5 heterocycles. The van der Waals surface area contributed by atoms with Gasteiger partial charge in [-0.05, 0) is 123 Å². The van der Waals surface area contributed by atoms with E-state index in [4.69, 9.17) is 19.4 Å². The molecule has 0 aliphatic carbocycles. The Morgan fingerprint density at radius 3 is 1.96 bits per heavy atom. The number of nitrogens with one attached hydrogen (secondary N) is 2. The Morgan fingerprint density at radius 2 is 1.38 bits per heavy atom. The van der Waals surface area contributed by atoms with Gasteiger partial charge in [0.25, 0.3) is 11.1 Å². The van der Waals surface area contributed by atoms with Crippen LogP contribution in [-0.4, -0.2) is 80.4 Å². The van der Waals surface area contributed by atoms with E-state index in [1.807, 2.05) is 77.9 Å². The van der Waals surface area contributed by atoms with Crippen LogP contribution in [0.15, 0.2) is 95.0 Å². The molecule has 3 N–H and O–H groups in total. The van der Waals surface area contributed by atoms with Gasteiger partial charge in [0, 0.05) is 60.8 Å². The fourth-order valence-electron chi connectivity index (χ4n) is 9.15. The molecule has 16 heteroatoms.